The summed E-state index contributed by atoms with van der Waals surface area (Å²) in [5, 5.41) is 30.1. The fourth-order valence-electron chi connectivity index (χ4n) is 6.30. The number of fused-ring (bicyclic) bond motifs is 1. The first-order valence-electron chi connectivity index (χ1n) is 21.6. The van der Waals surface area contributed by atoms with Crippen LogP contribution >= 0.6 is 34.8 Å². The predicted molar refractivity (Wildman–Crippen MR) is 262 cm³/mol. The highest BCUT2D eigenvalue weighted by Gasteiger charge is 2.36. The maximum Gasteiger partial charge on any atom is 0.322 e. The molecule has 380 valence electrons. The molecule has 3 aliphatic rings. The number of Topliss-reactive ketones (excluding diaryl/α,β-unsaturated/α-hetero) is 2. The summed E-state index contributed by atoms with van der Waals surface area (Å²) >= 11 is 17.3. The number of ether oxygens (including phenoxy) is 2. The number of urea groups is 2. The number of aromatic amines is 2. The highest BCUT2D eigenvalue weighted by Crippen LogP contribution is 2.21. The number of hydrazine groups is 1. The Morgan fingerprint density at radius 2 is 1.27 bits per heavy atom. The second-order valence-electron chi connectivity index (χ2n) is 14.4. The van der Waals surface area contributed by atoms with Crippen LogP contribution in [0.3, 0.4) is 0 Å². The van der Waals surface area contributed by atoms with Gasteiger partial charge in [-0.15, -0.1) is 5.59 Å². The van der Waals surface area contributed by atoms with E-state index in [1.54, 1.807) is 98.5 Å². The van der Waals surface area contributed by atoms with Gasteiger partial charge in [-0.05, 0) is 75.4 Å². The molecule has 0 bridgehead atoms. The van der Waals surface area contributed by atoms with Crippen LogP contribution in [0.2, 0.25) is 15.1 Å². The fraction of sp³-hybridized carbons (Fsp3) is 0.378. The molecule has 0 radical (unpaired) electrons. The second-order valence-corrected chi connectivity index (χ2v) is 15.7. The van der Waals surface area contributed by atoms with Crippen molar-refractivity contribution in [3.63, 3.8) is 0 Å². The van der Waals surface area contributed by atoms with E-state index in [1.165, 1.54) is 16.6 Å². The number of hydrogen-bond acceptors (Lipinski definition) is 16. The molecule has 2 saturated heterocycles. The lowest BCUT2D eigenvalue weighted by Gasteiger charge is -2.30. The number of carbonyl (C=O) groups excluding carboxylic acids is 7. The number of nitrogens with one attached hydrogen (secondary N) is 6. The maximum absolute atomic E-state index is 12.2. The Morgan fingerprint density at radius 3 is 1.79 bits per heavy atom. The third kappa shape index (κ3) is 21.5. The molecule has 1 aromatic heterocycles. The van der Waals surface area contributed by atoms with E-state index in [0.717, 1.165) is 5.69 Å². The normalized spacial score (nSPS) is 15.4. The number of esters is 2. The Bertz CT molecular complexity index is 2430. The maximum atomic E-state index is 12.2. The standard InChI is InChI=1S/C15H17ClN2O4.C13H13ClN4O2.C8H13NO3.C7H4ClNO.C2H6O.H4N2O/c1-2-22-14(20)12-9-18(7-6-13(12)19)15(21)17-11-5-3-4-10(16)8-11;14-8-2-1-3-9(6-8)15-13(20)18-5-4-11-10(7-18)12(19)17-16-11;1-2-12-8(11)6-5-9-4-3-7(6)10;8-6-2-1-3-7(4-6)9-5-10;2*1-2-3/h3-5,8,12H,2,6-7,9H2,1H3,(H,17,21);1-3,6H,4-5,7H2,(H,15,20)(H2,16,17,19);6,9H,2-5H2,1H3;1-4H;3H,2H2,1H3;2-3H,1H2. The van der Waals surface area contributed by atoms with Gasteiger partial charge in [0.1, 0.15) is 17.6 Å². The molecular weight excluding hydrogens is 979 g/mol. The predicted octanol–water partition coefficient (Wildman–Crippen LogP) is 5.15. The number of amides is 4. The van der Waals surface area contributed by atoms with E-state index in [9.17, 15) is 38.4 Å². The molecule has 2 fully saturated rings. The Labute approximate surface area is 418 Å². The molecule has 4 amide bonds. The van der Waals surface area contributed by atoms with Gasteiger partial charge in [-0.25, -0.2) is 20.2 Å². The molecule has 4 heterocycles. The number of hydrogen-bond donors (Lipinski definition) is 9. The SMILES string of the molecule is CCO.CCOC(=O)C1CN(C(=O)Nc2cccc(Cl)c2)CCC1=O.CCOC(=O)C1CNCCC1=O.NNO.O=C(Nc1cccc(Cl)c1)N1CCc2[nH][nH]c(=O)c2C1.O=C=Nc1cccc(Cl)c1. The number of nitrogens with zero attached hydrogens (tertiary/aromatic N) is 3. The number of aromatic nitrogens is 2. The van der Waals surface area contributed by atoms with Crippen molar-refractivity contribution in [1.29, 1.82) is 0 Å². The summed E-state index contributed by atoms with van der Waals surface area (Å²) in [6.07, 6.45) is 2.64. The van der Waals surface area contributed by atoms with Gasteiger partial charge in [-0.3, -0.25) is 29.1 Å². The molecule has 0 spiro atoms. The number of H-pyrrole nitrogens is 2. The van der Waals surface area contributed by atoms with Crippen LogP contribution in [-0.4, -0.2) is 125 Å². The zero-order valence-electron chi connectivity index (χ0n) is 38.6. The van der Waals surface area contributed by atoms with Crippen LogP contribution < -0.4 is 32.9 Å². The Hall–Kier alpha value is -6.46. The van der Waals surface area contributed by atoms with Crippen molar-refractivity contribution in [2.45, 2.75) is 46.6 Å². The lowest BCUT2D eigenvalue weighted by Crippen LogP contribution is -2.48. The molecule has 22 nitrogen and oxygen atoms in total. The van der Waals surface area contributed by atoms with Crippen LogP contribution in [0.5, 0.6) is 0 Å². The molecule has 25 heteroatoms. The molecule has 7 rings (SSSR count). The minimum Gasteiger partial charge on any atom is -0.465 e. The van der Waals surface area contributed by atoms with Crippen LogP contribution in [0.25, 0.3) is 0 Å². The summed E-state index contributed by atoms with van der Waals surface area (Å²) in [5.41, 5.74) is 4.31. The van der Waals surface area contributed by atoms with Crippen LogP contribution in [0.15, 0.2) is 82.6 Å². The number of isocyanates is 1. The summed E-state index contributed by atoms with van der Waals surface area (Å²) < 4.78 is 9.63. The van der Waals surface area contributed by atoms with Gasteiger partial charge in [-0.1, -0.05) is 53.0 Å². The lowest BCUT2D eigenvalue weighted by molar-refractivity contribution is -0.154. The number of aliphatic imine (C=N–C) groups is 1. The molecule has 10 N–H and O–H groups in total. The van der Waals surface area contributed by atoms with Crippen molar-refractivity contribution in [1.82, 2.24) is 30.9 Å². The molecule has 2 unspecified atom stereocenters. The third-order valence-electron chi connectivity index (χ3n) is 9.50. The number of ketones is 2. The van der Waals surface area contributed by atoms with Gasteiger partial charge in [0.05, 0.1) is 31.0 Å². The summed E-state index contributed by atoms with van der Waals surface area (Å²) in [5.74, 6) is 1.51. The van der Waals surface area contributed by atoms with Gasteiger partial charge in [0.25, 0.3) is 5.56 Å². The summed E-state index contributed by atoms with van der Waals surface area (Å²) in [6, 6.07) is 19.8. The van der Waals surface area contributed by atoms with Crippen molar-refractivity contribution in [2.75, 3.05) is 63.2 Å². The van der Waals surface area contributed by atoms with E-state index < -0.39 is 23.8 Å². The molecular formula is C45H57Cl3N10O12. The van der Waals surface area contributed by atoms with Crippen molar-refractivity contribution < 1.29 is 53.3 Å². The number of halogens is 3. The number of aliphatic hydroxyl groups excluding tert-OH is 1. The van der Waals surface area contributed by atoms with Gasteiger partial charge in [0.15, 0.2) is 5.78 Å². The molecule has 0 saturated carbocycles. The molecule has 0 aliphatic carbocycles. The lowest BCUT2D eigenvalue weighted by atomic mass is 9.97. The van der Waals surface area contributed by atoms with Crippen LogP contribution in [0.1, 0.15) is 44.9 Å². The average Bonchev–Trinajstić information content (AvgIpc) is 3.70. The quantitative estimate of drug-likeness (QED) is 0.0289. The van der Waals surface area contributed by atoms with Gasteiger partial charge in [0, 0.05) is 90.7 Å². The topological polar surface area (TPSA) is 320 Å². The van der Waals surface area contributed by atoms with E-state index in [2.05, 4.69) is 37.0 Å². The number of anilines is 2. The fourth-order valence-corrected chi connectivity index (χ4v) is 6.86. The first-order valence-corrected chi connectivity index (χ1v) is 22.7. The Kier molecular flexibility index (Phi) is 28.2. The molecule has 3 aromatic carbocycles. The number of piperidine rings is 2. The second kappa shape index (κ2) is 33.1. The van der Waals surface area contributed by atoms with Crippen LogP contribution in [0, 0.1) is 11.8 Å². The third-order valence-corrected chi connectivity index (χ3v) is 10.2. The van der Waals surface area contributed by atoms with Crippen LogP contribution in [0.4, 0.5) is 26.7 Å². The van der Waals surface area contributed by atoms with Gasteiger partial charge in [0.2, 0.25) is 6.08 Å². The van der Waals surface area contributed by atoms with E-state index in [1.807, 2.05) is 0 Å². The first-order chi connectivity index (χ1) is 33.5. The molecule has 3 aliphatic heterocycles. The zero-order valence-corrected chi connectivity index (χ0v) is 40.9. The largest absolute Gasteiger partial charge is 0.465 e. The highest BCUT2D eigenvalue weighted by atomic mass is 35.5. The van der Waals surface area contributed by atoms with E-state index >= 15 is 0 Å². The van der Waals surface area contributed by atoms with Crippen molar-refractivity contribution >= 4 is 93.5 Å². The zero-order chi connectivity index (χ0) is 52.0. The van der Waals surface area contributed by atoms with E-state index in [-0.39, 0.29) is 61.9 Å². The van der Waals surface area contributed by atoms with Crippen LogP contribution in [-0.2, 0) is 46.4 Å². The van der Waals surface area contributed by atoms with Gasteiger partial charge in [-0.2, -0.15) is 4.99 Å². The number of carbonyl (C=O) groups is 6. The summed E-state index contributed by atoms with van der Waals surface area (Å²) in [7, 11) is 0. The Morgan fingerprint density at radius 1 is 0.771 bits per heavy atom. The number of aliphatic hydroxyl groups is 1. The van der Waals surface area contributed by atoms with Crippen molar-refractivity contribution in [3.05, 3.63) is 109 Å². The minimum atomic E-state index is -0.904. The number of rotatable bonds is 7. The highest BCUT2D eigenvalue weighted by molar-refractivity contribution is 6.31. The summed E-state index contributed by atoms with van der Waals surface area (Å²) in [6.45, 7) is 8.17. The van der Waals surface area contributed by atoms with Crippen molar-refractivity contribution in [3.8, 4) is 0 Å². The summed E-state index contributed by atoms with van der Waals surface area (Å²) in [4.78, 5) is 98.0. The van der Waals surface area contributed by atoms with Gasteiger partial charge >= 0.3 is 24.0 Å². The smallest absolute Gasteiger partial charge is 0.322 e. The monoisotopic (exact) mass is 1030 g/mol. The first kappa shape index (κ1) is 59.7. The van der Waals surface area contributed by atoms with Crippen molar-refractivity contribution in [2.24, 2.45) is 22.7 Å². The number of benzene rings is 3. The number of nitrogens with two attached hydrogens (primary N) is 1. The number of likely N-dealkylation sites (tertiary alicyclic amines) is 1. The van der Waals surface area contributed by atoms with E-state index in [0.29, 0.717) is 83.3 Å². The Balaban J connectivity index is 0.000000320. The molecule has 2 atom stereocenters. The molecule has 70 heavy (non-hydrogen) atoms. The van der Waals surface area contributed by atoms with Gasteiger partial charge < -0.3 is 50.6 Å². The molecule has 4 aromatic rings. The minimum absolute atomic E-state index is 0.00722. The average molecular weight is 1040 g/mol. The van der Waals surface area contributed by atoms with E-state index in [4.69, 9.17) is 54.6 Å².